The van der Waals surface area contributed by atoms with Crippen molar-refractivity contribution in [2.45, 2.75) is 39.7 Å². The maximum absolute atomic E-state index is 13.2. The van der Waals surface area contributed by atoms with Gasteiger partial charge in [0.15, 0.2) is 0 Å². The van der Waals surface area contributed by atoms with Crippen molar-refractivity contribution in [3.63, 3.8) is 0 Å². The van der Waals surface area contributed by atoms with Crippen molar-refractivity contribution in [1.29, 1.82) is 0 Å². The van der Waals surface area contributed by atoms with Crippen LogP contribution in [-0.4, -0.2) is 11.1 Å². The molecule has 0 saturated heterocycles. The van der Waals surface area contributed by atoms with Crippen LogP contribution >= 0.6 is 15.9 Å². The Morgan fingerprint density at radius 1 is 1.00 bits per heavy atom. The molecule has 0 bridgehead atoms. The lowest BCUT2D eigenvalue weighted by molar-refractivity contribution is -0.120. The standard InChI is InChI=1S/C30H27BrN2O3/c1-18-13-24(31)10-11-26(18)30(22-7-5-4-6-8-22)32-29(34)15-21-9-12-28-23(14-21)16-25(35-28)17-27-19(2)33-36-20(27)3/h4-14,16,30H,15,17H2,1-3H3,(H,32,34). The first-order chi connectivity index (χ1) is 17.4. The summed E-state index contributed by atoms with van der Waals surface area (Å²) in [6.07, 6.45) is 0.899. The van der Waals surface area contributed by atoms with Gasteiger partial charge in [0.05, 0.1) is 18.2 Å². The molecule has 0 aliphatic rings. The Morgan fingerprint density at radius 2 is 1.81 bits per heavy atom. The molecule has 0 aliphatic carbocycles. The molecule has 5 rings (SSSR count). The van der Waals surface area contributed by atoms with Crippen molar-refractivity contribution < 1.29 is 13.7 Å². The molecule has 0 saturated carbocycles. The van der Waals surface area contributed by atoms with Gasteiger partial charge in [-0.05, 0) is 73.4 Å². The minimum absolute atomic E-state index is 0.0371. The number of hydrogen-bond donors (Lipinski definition) is 1. The van der Waals surface area contributed by atoms with E-state index in [1.807, 2.05) is 74.5 Å². The number of hydrogen-bond acceptors (Lipinski definition) is 4. The first-order valence-electron chi connectivity index (χ1n) is 11.9. The molecule has 5 nitrogen and oxygen atoms in total. The summed E-state index contributed by atoms with van der Waals surface area (Å²) < 4.78 is 12.3. The Hall–Kier alpha value is -3.64. The van der Waals surface area contributed by atoms with E-state index >= 15 is 0 Å². The molecule has 2 aromatic heterocycles. The second-order valence-electron chi connectivity index (χ2n) is 9.15. The molecule has 1 atom stereocenters. The molecule has 182 valence electrons. The Balaban J connectivity index is 1.35. The SMILES string of the molecule is Cc1cc(Br)ccc1C(NC(=O)Cc1ccc2oc(Cc3c(C)noc3C)cc2c1)c1ccccc1. The first-order valence-corrected chi connectivity index (χ1v) is 12.7. The highest BCUT2D eigenvalue weighted by molar-refractivity contribution is 9.10. The minimum atomic E-state index is -0.230. The maximum Gasteiger partial charge on any atom is 0.225 e. The number of halogens is 1. The lowest BCUT2D eigenvalue weighted by Crippen LogP contribution is -2.31. The first kappa shape index (κ1) is 24.1. The van der Waals surface area contributed by atoms with E-state index in [0.29, 0.717) is 6.42 Å². The molecule has 0 aliphatic heterocycles. The highest BCUT2D eigenvalue weighted by Gasteiger charge is 2.19. The van der Waals surface area contributed by atoms with Crippen LogP contribution in [0.2, 0.25) is 0 Å². The molecule has 0 spiro atoms. The van der Waals surface area contributed by atoms with Gasteiger partial charge in [0.1, 0.15) is 17.1 Å². The van der Waals surface area contributed by atoms with E-state index in [4.69, 9.17) is 8.94 Å². The molecule has 0 fully saturated rings. The van der Waals surface area contributed by atoms with Crippen molar-refractivity contribution in [2.75, 3.05) is 0 Å². The summed E-state index contributed by atoms with van der Waals surface area (Å²) in [4.78, 5) is 13.2. The van der Waals surface area contributed by atoms with Crippen LogP contribution in [0.4, 0.5) is 0 Å². The summed E-state index contributed by atoms with van der Waals surface area (Å²) in [5, 5.41) is 8.26. The van der Waals surface area contributed by atoms with Crippen LogP contribution in [0.1, 0.15) is 51.1 Å². The van der Waals surface area contributed by atoms with Crippen LogP contribution in [0.25, 0.3) is 11.0 Å². The van der Waals surface area contributed by atoms with E-state index in [2.05, 4.69) is 45.5 Å². The fourth-order valence-corrected chi connectivity index (χ4v) is 5.10. The van der Waals surface area contributed by atoms with E-state index in [9.17, 15) is 4.79 Å². The van der Waals surface area contributed by atoms with Gasteiger partial charge in [-0.15, -0.1) is 0 Å². The predicted octanol–water partition coefficient (Wildman–Crippen LogP) is 7.15. The third kappa shape index (κ3) is 5.14. The van der Waals surface area contributed by atoms with Crippen molar-refractivity contribution >= 4 is 32.8 Å². The number of rotatable bonds is 7. The molecule has 1 unspecified atom stereocenters. The number of amides is 1. The highest BCUT2D eigenvalue weighted by Crippen LogP contribution is 2.28. The van der Waals surface area contributed by atoms with Gasteiger partial charge in [-0.1, -0.05) is 63.6 Å². The molecule has 2 heterocycles. The molecule has 0 radical (unpaired) electrons. The fraction of sp³-hybridized carbons (Fsp3) is 0.200. The van der Waals surface area contributed by atoms with Gasteiger partial charge in [0, 0.05) is 21.8 Å². The zero-order valence-corrected chi connectivity index (χ0v) is 22.1. The summed E-state index contributed by atoms with van der Waals surface area (Å²) in [5.74, 6) is 1.61. The monoisotopic (exact) mass is 542 g/mol. The number of aryl methyl sites for hydroxylation is 3. The van der Waals surface area contributed by atoms with Crippen molar-refractivity contribution in [1.82, 2.24) is 10.5 Å². The highest BCUT2D eigenvalue weighted by atomic mass is 79.9. The third-order valence-corrected chi connectivity index (χ3v) is 7.00. The van der Waals surface area contributed by atoms with Crippen molar-refractivity contribution in [3.8, 4) is 0 Å². The Labute approximate surface area is 218 Å². The summed E-state index contributed by atoms with van der Waals surface area (Å²) in [6, 6.07) is 23.9. The Kier molecular flexibility index (Phi) is 6.79. The van der Waals surface area contributed by atoms with Crippen LogP contribution in [0.5, 0.6) is 0 Å². The zero-order valence-electron chi connectivity index (χ0n) is 20.5. The van der Waals surface area contributed by atoms with E-state index in [1.54, 1.807) is 0 Å². The average Bonchev–Trinajstić information content (AvgIpc) is 3.41. The molecule has 3 aromatic carbocycles. The number of nitrogens with one attached hydrogen (secondary N) is 1. The van der Waals surface area contributed by atoms with Crippen LogP contribution in [0.3, 0.4) is 0 Å². The molecule has 5 aromatic rings. The number of furan rings is 1. The van der Waals surface area contributed by atoms with Crippen LogP contribution in [-0.2, 0) is 17.6 Å². The number of nitrogens with zero attached hydrogens (tertiary/aromatic N) is 1. The van der Waals surface area contributed by atoms with Crippen LogP contribution in [0.15, 0.2) is 86.2 Å². The van der Waals surface area contributed by atoms with Gasteiger partial charge in [-0.25, -0.2) is 0 Å². The van der Waals surface area contributed by atoms with Crippen LogP contribution < -0.4 is 5.32 Å². The third-order valence-electron chi connectivity index (χ3n) is 6.51. The average molecular weight is 543 g/mol. The molecule has 6 heteroatoms. The van der Waals surface area contributed by atoms with Gasteiger partial charge >= 0.3 is 0 Å². The Morgan fingerprint density at radius 3 is 2.53 bits per heavy atom. The normalized spacial score (nSPS) is 12.1. The number of carbonyl (C=O) groups excluding carboxylic acids is 1. The van der Waals surface area contributed by atoms with Gasteiger partial charge in [-0.3, -0.25) is 4.79 Å². The van der Waals surface area contributed by atoms with Crippen molar-refractivity contribution in [2.24, 2.45) is 0 Å². The summed E-state index contributed by atoms with van der Waals surface area (Å²) in [6.45, 7) is 5.91. The predicted molar refractivity (Wildman–Crippen MR) is 144 cm³/mol. The number of benzene rings is 3. The molecule has 1 amide bonds. The number of fused-ring (bicyclic) bond motifs is 1. The number of carbonyl (C=O) groups is 1. The minimum Gasteiger partial charge on any atom is -0.461 e. The topological polar surface area (TPSA) is 68.3 Å². The largest absolute Gasteiger partial charge is 0.461 e. The van der Waals surface area contributed by atoms with E-state index in [-0.39, 0.29) is 18.4 Å². The smallest absolute Gasteiger partial charge is 0.225 e. The summed E-state index contributed by atoms with van der Waals surface area (Å²) >= 11 is 3.54. The van der Waals surface area contributed by atoms with Gasteiger partial charge in [-0.2, -0.15) is 0 Å². The molecular weight excluding hydrogens is 516 g/mol. The van der Waals surface area contributed by atoms with E-state index < -0.39 is 0 Å². The summed E-state index contributed by atoms with van der Waals surface area (Å²) in [5.41, 5.74) is 6.89. The maximum atomic E-state index is 13.2. The van der Waals surface area contributed by atoms with Crippen molar-refractivity contribution in [3.05, 3.63) is 122 Å². The fourth-order valence-electron chi connectivity index (χ4n) is 4.62. The number of aromatic nitrogens is 1. The second-order valence-corrected chi connectivity index (χ2v) is 10.1. The second kappa shape index (κ2) is 10.2. The van der Waals surface area contributed by atoms with E-state index in [1.165, 1.54) is 0 Å². The van der Waals surface area contributed by atoms with Gasteiger partial charge in [0.2, 0.25) is 5.91 Å². The van der Waals surface area contributed by atoms with Crippen LogP contribution in [0, 0.1) is 20.8 Å². The Bertz CT molecular complexity index is 1520. The lowest BCUT2D eigenvalue weighted by Gasteiger charge is -2.22. The quantitative estimate of drug-likeness (QED) is 0.237. The van der Waals surface area contributed by atoms with E-state index in [0.717, 1.165) is 60.5 Å². The summed E-state index contributed by atoms with van der Waals surface area (Å²) in [7, 11) is 0. The molecule has 36 heavy (non-hydrogen) atoms. The zero-order chi connectivity index (χ0) is 25.2. The van der Waals surface area contributed by atoms with Gasteiger partial charge < -0.3 is 14.3 Å². The molecular formula is C30H27BrN2O3. The lowest BCUT2D eigenvalue weighted by atomic mass is 9.94. The van der Waals surface area contributed by atoms with Gasteiger partial charge in [0.25, 0.3) is 0 Å². The molecule has 1 N–H and O–H groups in total.